The number of benzene rings is 1. The molecule has 0 fully saturated rings. The molecule has 1 heterocycles. The molecule has 100 valence electrons. The number of rotatable bonds is 4. The van der Waals surface area contributed by atoms with Crippen LogP contribution in [0.25, 0.3) is 0 Å². The van der Waals surface area contributed by atoms with Crippen LogP contribution < -0.4 is 16.2 Å². The highest BCUT2D eigenvalue weighted by molar-refractivity contribution is 6.30. The van der Waals surface area contributed by atoms with E-state index in [9.17, 15) is 0 Å². The largest absolute Gasteiger partial charge is 0.355 e. The number of nitrogens with one attached hydrogen (secondary N) is 1. The Hall–Kier alpha value is -1.85. The van der Waals surface area contributed by atoms with Crippen LogP contribution in [0.15, 0.2) is 30.5 Å². The van der Waals surface area contributed by atoms with Gasteiger partial charge in [0.05, 0.1) is 0 Å². The highest BCUT2D eigenvalue weighted by atomic mass is 35.5. The number of hydrazine groups is 1. The molecule has 0 saturated heterocycles. The normalized spacial score (nSPS) is 10.3. The van der Waals surface area contributed by atoms with E-state index in [-0.39, 0.29) is 0 Å². The van der Waals surface area contributed by atoms with Crippen molar-refractivity contribution >= 4 is 23.4 Å². The maximum Gasteiger partial charge on any atom is 0.239 e. The lowest BCUT2D eigenvalue weighted by Gasteiger charge is -2.20. The van der Waals surface area contributed by atoms with Crippen molar-refractivity contribution in [2.45, 2.75) is 13.5 Å². The van der Waals surface area contributed by atoms with E-state index in [0.29, 0.717) is 12.5 Å². The van der Waals surface area contributed by atoms with E-state index in [4.69, 9.17) is 17.4 Å². The average molecular weight is 278 g/mol. The number of nitrogens with two attached hydrogens (primary N) is 1. The fraction of sp³-hybridized carbons (Fsp3) is 0.231. The Morgan fingerprint density at radius 3 is 2.89 bits per heavy atom. The van der Waals surface area contributed by atoms with Crippen LogP contribution in [-0.4, -0.2) is 17.0 Å². The van der Waals surface area contributed by atoms with E-state index in [1.807, 2.05) is 43.1 Å². The number of aryl methyl sites for hydroxylation is 1. The number of aromatic nitrogens is 2. The molecule has 2 rings (SSSR count). The Kier molecular flexibility index (Phi) is 4.19. The number of nitrogens with zero attached hydrogens (tertiary/aromatic N) is 3. The van der Waals surface area contributed by atoms with E-state index in [1.54, 1.807) is 6.20 Å². The minimum atomic E-state index is 0.401. The van der Waals surface area contributed by atoms with Gasteiger partial charge in [0, 0.05) is 30.4 Å². The summed E-state index contributed by atoms with van der Waals surface area (Å²) >= 11 is 5.98. The summed E-state index contributed by atoms with van der Waals surface area (Å²) < 4.78 is 0. The van der Waals surface area contributed by atoms with Gasteiger partial charge in [0.15, 0.2) is 0 Å². The molecule has 2 aromatic rings. The number of hydrogen-bond acceptors (Lipinski definition) is 5. The molecule has 6 heteroatoms. The molecule has 1 aromatic carbocycles. The van der Waals surface area contributed by atoms with Gasteiger partial charge >= 0.3 is 0 Å². The summed E-state index contributed by atoms with van der Waals surface area (Å²) in [6.45, 7) is 2.67. The van der Waals surface area contributed by atoms with Crippen LogP contribution >= 0.6 is 11.6 Å². The molecule has 0 aliphatic heterocycles. The molecule has 5 nitrogen and oxygen atoms in total. The van der Waals surface area contributed by atoms with Gasteiger partial charge in [-0.1, -0.05) is 23.7 Å². The molecular formula is C13H16ClN5. The lowest BCUT2D eigenvalue weighted by Crippen LogP contribution is -2.20. The molecule has 0 atom stereocenters. The van der Waals surface area contributed by atoms with E-state index >= 15 is 0 Å². The van der Waals surface area contributed by atoms with Crippen molar-refractivity contribution in [3.05, 3.63) is 46.6 Å². The van der Waals surface area contributed by atoms with E-state index in [0.717, 1.165) is 22.0 Å². The first-order chi connectivity index (χ1) is 9.10. The number of hydrogen-bond donors (Lipinski definition) is 2. The van der Waals surface area contributed by atoms with Gasteiger partial charge in [-0.05, 0) is 24.6 Å². The smallest absolute Gasteiger partial charge is 0.239 e. The molecular weight excluding hydrogens is 262 g/mol. The number of nitrogen functional groups attached to an aromatic ring is 1. The standard InChI is InChI=1S/C13H16ClN5/c1-9-7-16-13(18-15)17-12(9)19(2)8-10-4-3-5-11(14)6-10/h3-7H,8,15H2,1-2H3,(H,16,17,18). The summed E-state index contributed by atoms with van der Waals surface area (Å²) in [6.07, 6.45) is 1.74. The second-order valence-electron chi connectivity index (χ2n) is 4.33. The Balaban J connectivity index is 2.22. The maximum absolute atomic E-state index is 5.98. The van der Waals surface area contributed by atoms with E-state index in [2.05, 4.69) is 15.4 Å². The van der Waals surface area contributed by atoms with Crippen molar-refractivity contribution in [3.8, 4) is 0 Å². The molecule has 19 heavy (non-hydrogen) atoms. The van der Waals surface area contributed by atoms with Gasteiger partial charge in [0.25, 0.3) is 0 Å². The van der Waals surface area contributed by atoms with Gasteiger partial charge in [-0.15, -0.1) is 0 Å². The van der Waals surface area contributed by atoms with Crippen molar-refractivity contribution in [2.75, 3.05) is 17.4 Å². The molecule has 3 N–H and O–H groups in total. The Morgan fingerprint density at radius 1 is 1.42 bits per heavy atom. The van der Waals surface area contributed by atoms with Crippen molar-refractivity contribution < 1.29 is 0 Å². The summed E-state index contributed by atoms with van der Waals surface area (Å²) in [5.74, 6) is 6.57. The van der Waals surface area contributed by atoms with Crippen molar-refractivity contribution in [1.29, 1.82) is 0 Å². The summed E-state index contributed by atoms with van der Waals surface area (Å²) in [7, 11) is 1.97. The lowest BCUT2D eigenvalue weighted by molar-refractivity contribution is 0.882. The van der Waals surface area contributed by atoms with Crippen LogP contribution in [0.4, 0.5) is 11.8 Å². The van der Waals surface area contributed by atoms with Crippen LogP contribution in [0.2, 0.25) is 5.02 Å². The molecule has 0 bridgehead atoms. The average Bonchev–Trinajstić information content (AvgIpc) is 2.39. The minimum Gasteiger partial charge on any atom is -0.355 e. The first kappa shape index (κ1) is 13.6. The Morgan fingerprint density at radius 2 is 2.21 bits per heavy atom. The van der Waals surface area contributed by atoms with Gasteiger partial charge in [0.2, 0.25) is 5.95 Å². The Labute approximate surface area is 117 Å². The van der Waals surface area contributed by atoms with Gasteiger partial charge in [-0.25, -0.2) is 10.8 Å². The zero-order chi connectivity index (χ0) is 13.8. The predicted molar refractivity (Wildman–Crippen MR) is 78.1 cm³/mol. The zero-order valence-corrected chi connectivity index (χ0v) is 11.6. The van der Waals surface area contributed by atoms with Crippen LogP contribution in [0.5, 0.6) is 0 Å². The second-order valence-corrected chi connectivity index (χ2v) is 4.77. The summed E-state index contributed by atoms with van der Waals surface area (Å²) in [4.78, 5) is 10.5. The third-order valence-electron chi connectivity index (χ3n) is 2.74. The van der Waals surface area contributed by atoms with Gasteiger partial charge < -0.3 is 4.90 Å². The molecule has 0 saturated carbocycles. The summed E-state index contributed by atoms with van der Waals surface area (Å²) in [6, 6.07) is 7.76. The first-order valence-electron chi connectivity index (χ1n) is 5.86. The fourth-order valence-electron chi connectivity index (χ4n) is 1.87. The lowest BCUT2D eigenvalue weighted by atomic mass is 10.2. The first-order valence-corrected chi connectivity index (χ1v) is 6.24. The maximum atomic E-state index is 5.98. The molecule has 1 aromatic heterocycles. The van der Waals surface area contributed by atoms with Crippen molar-refractivity contribution in [1.82, 2.24) is 9.97 Å². The molecule has 0 unspecified atom stereocenters. The SMILES string of the molecule is Cc1cnc(NN)nc1N(C)Cc1cccc(Cl)c1. The highest BCUT2D eigenvalue weighted by Gasteiger charge is 2.09. The van der Waals surface area contributed by atoms with Crippen molar-refractivity contribution in [2.24, 2.45) is 5.84 Å². The zero-order valence-electron chi connectivity index (χ0n) is 10.9. The molecule has 0 aliphatic rings. The Bertz CT molecular complexity index is 573. The third-order valence-corrected chi connectivity index (χ3v) is 2.98. The highest BCUT2D eigenvalue weighted by Crippen LogP contribution is 2.19. The molecule has 0 spiro atoms. The minimum absolute atomic E-state index is 0.401. The molecule has 0 radical (unpaired) electrons. The summed E-state index contributed by atoms with van der Waals surface area (Å²) in [5, 5.41) is 0.731. The quantitative estimate of drug-likeness (QED) is 0.663. The van der Waals surface area contributed by atoms with Crippen LogP contribution in [0.1, 0.15) is 11.1 Å². The molecule has 0 amide bonds. The number of anilines is 2. The monoisotopic (exact) mass is 277 g/mol. The van der Waals surface area contributed by atoms with Gasteiger partial charge in [-0.2, -0.15) is 4.98 Å². The van der Waals surface area contributed by atoms with Crippen molar-refractivity contribution in [3.63, 3.8) is 0 Å². The summed E-state index contributed by atoms with van der Waals surface area (Å²) in [5.41, 5.74) is 4.56. The van der Waals surface area contributed by atoms with Crippen LogP contribution in [-0.2, 0) is 6.54 Å². The number of halogens is 1. The van der Waals surface area contributed by atoms with Crippen LogP contribution in [0, 0.1) is 6.92 Å². The van der Waals surface area contributed by atoms with Crippen LogP contribution in [0.3, 0.4) is 0 Å². The predicted octanol–water partition coefficient (Wildman–Crippen LogP) is 2.36. The van der Waals surface area contributed by atoms with E-state index < -0.39 is 0 Å². The third kappa shape index (κ3) is 3.33. The van der Waals surface area contributed by atoms with E-state index in [1.165, 1.54) is 0 Å². The van der Waals surface area contributed by atoms with Gasteiger partial charge in [-0.3, -0.25) is 5.43 Å². The van der Waals surface area contributed by atoms with Gasteiger partial charge in [0.1, 0.15) is 5.82 Å². The molecule has 0 aliphatic carbocycles. The second kappa shape index (κ2) is 5.86. The topological polar surface area (TPSA) is 67.1 Å². The fourth-order valence-corrected chi connectivity index (χ4v) is 2.09.